The minimum Gasteiger partial charge on any atom is -0.368 e. The molecule has 0 saturated heterocycles. The molecule has 0 saturated carbocycles. The number of nitrogens with zero attached hydrogens (tertiary/aromatic N) is 2. The molecule has 0 atom stereocenters. The first kappa shape index (κ1) is 13.0. The third kappa shape index (κ3) is 3.77. The second kappa shape index (κ2) is 5.95. The van der Waals surface area contributed by atoms with Crippen LogP contribution < -0.4 is 11.1 Å². The van der Waals surface area contributed by atoms with Crippen LogP contribution in [0.15, 0.2) is 36.4 Å². The third-order valence-corrected chi connectivity index (χ3v) is 2.65. The Kier molecular flexibility index (Phi) is 4.07. The van der Waals surface area contributed by atoms with E-state index in [4.69, 9.17) is 5.73 Å². The maximum Gasteiger partial charge on any atom is 0.270 e. The summed E-state index contributed by atoms with van der Waals surface area (Å²) in [4.78, 5) is 19.7. The van der Waals surface area contributed by atoms with Gasteiger partial charge in [-0.25, -0.2) is 9.97 Å². The number of carbonyl (C=O) groups is 1. The molecule has 2 rings (SSSR count). The number of benzene rings is 1. The Hall–Kier alpha value is -2.43. The van der Waals surface area contributed by atoms with Crippen LogP contribution in [0.25, 0.3) is 0 Å². The Morgan fingerprint density at radius 1 is 1.26 bits per heavy atom. The van der Waals surface area contributed by atoms with Crippen molar-refractivity contribution in [3.05, 3.63) is 53.3 Å². The molecule has 19 heavy (non-hydrogen) atoms. The van der Waals surface area contributed by atoms with Crippen LogP contribution in [0.1, 0.15) is 21.7 Å². The zero-order valence-corrected chi connectivity index (χ0v) is 10.8. The highest BCUT2D eigenvalue weighted by Gasteiger charge is 2.08. The molecule has 5 nitrogen and oxygen atoms in total. The van der Waals surface area contributed by atoms with Gasteiger partial charge in [-0.15, -0.1) is 0 Å². The van der Waals surface area contributed by atoms with Gasteiger partial charge in [-0.1, -0.05) is 30.3 Å². The predicted molar refractivity (Wildman–Crippen MR) is 73.7 cm³/mol. The molecule has 0 aliphatic carbocycles. The summed E-state index contributed by atoms with van der Waals surface area (Å²) in [6.45, 7) is 2.34. The lowest BCUT2D eigenvalue weighted by atomic mass is 10.1. The van der Waals surface area contributed by atoms with Crippen molar-refractivity contribution in [1.29, 1.82) is 0 Å². The van der Waals surface area contributed by atoms with E-state index in [1.54, 1.807) is 13.0 Å². The summed E-state index contributed by atoms with van der Waals surface area (Å²) in [5, 5.41) is 2.82. The number of hydrogen-bond acceptors (Lipinski definition) is 4. The lowest BCUT2D eigenvalue weighted by molar-refractivity contribution is 0.0949. The number of aromatic nitrogens is 2. The first-order valence-corrected chi connectivity index (χ1v) is 6.08. The van der Waals surface area contributed by atoms with Gasteiger partial charge in [-0.3, -0.25) is 4.79 Å². The molecule has 0 aliphatic heterocycles. The number of aryl methyl sites for hydroxylation is 1. The van der Waals surface area contributed by atoms with Crippen LogP contribution >= 0.6 is 0 Å². The molecule has 5 heteroatoms. The van der Waals surface area contributed by atoms with Gasteiger partial charge >= 0.3 is 0 Å². The van der Waals surface area contributed by atoms with E-state index in [0.717, 1.165) is 6.42 Å². The zero-order valence-electron chi connectivity index (χ0n) is 10.8. The van der Waals surface area contributed by atoms with Crippen LogP contribution in [0.5, 0.6) is 0 Å². The summed E-state index contributed by atoms with van der Waals surface area (Å²) in [6, 6.07) is 11.6. The molecule has 0 radical (unpaired) electrons. The Bertz CT molecular complexity index is 549. The van der Waals surface area contributed by atoms with Crippen LogP contribution in [0.3, 0.4) is 0 Å². The van der Waals surface area contributed by atoms with E-state index in [0.29, 0.717) is 17.9 Å². The molecule has 1 aromatic heterocycles. The summed E-state index contributed by atoms with van der Waals surface area (Å²) >= 11 is 0. The monoisotopic (exact) mass is 256 g/mol. The number of hydrogen-bond donors (Lipinski definition) is 2. The van der Waals surface area contributed by atoms with Crippen molar-refractivity contribution in [2.24, 2.45) is 0 Å². The number of anilines is 1. The third-order valence-electron chi connectivity index (χ3n) is 2.65. The number of nitrogens with two attached hydrogens (primary N) is 1. The van der Waals surface area contributed by atoms with Crippen molar-refractivity contribution >= 4 is 11.9 Å². The molecular formula is C14H16N4O. The van der Waals surface area contributed by atoms with Crippen molar-refractivity contribution in [3.8, 4) is 0 Å². The van der Waals surface area contributed by atoms with Gasteiger partial charge in [0, 0.05) is 12.2 Å². The molecule has 0 unspecified atom stereocenters. The topological polar surface area (TPSA) is 80.9 Å². The molecule has 1 amide bonds. The summed E-state index contributed by atoms with van der Waals surface area (Å²) < 4.78 is 0. The van der Waals surface area contributed by atoms with Crippen molar-refractivity contribution in [3.63, 3.8) is 0 Å². The Morgan fingerprint density at radius 2 is 2.00 bits per heavy atom. The van der Waals surface area contributed by atoms with Gasteiger partial charge in [0.2, 0.25) is 5.95 Å². The summed E-state index contributed by atoms with van der Waals surface area (Å²) in [5.41, 5.74) is 7.68. The number of rotatable bonds is 4. The van der Waals surface area contributed by atoms with E-state index >= 15 is 0 Å². The van der Waals surface area contributed by atoms with E-state index < -0.39 is 0 Å². The highest BCUT2D eigenvalue weighted by Crippen LogP contribution is 2.02. The van der Waals surface area contributed by atoms with Gasteiger partial charge in [0.05, 0.1) is 0 Å². The first-order valence-electron chi connectivity index (χ1n) is 6.08. The molecule has 0 fully saturated rings. The van der Waals surface area contributed by atoms with Gasteiger partial charge in [-0.05, 0) is 25.0 Å². The quantitative estimate of drug-likeness (QED) is 0.865. The molecular weight excluding hydrogens is 240 g/mol. The predicted octanol–water partition coefficient (Wildman–Crippen LogP) is 1.34. The summed E-state index contributed by atoms with van der Waals surface area (Å²) in [6.07, 6.45) is 0.784. The van der Waals surface area contributed by atoms with E-state index in [-0.39, 0.29) is 11.9 Å². The fourth-order valence-corrected chi connectivity index (χ4v) is 1.76. The maximum atomic E-state index is 11.9. The minimum atomic E-state index is -0.229. The number of amides is 1. The highest BCUT2D eigenvalue weighted by molar-refractivity contribution is 5.92. The fraction of sp³-hybridized carbons (Fsp3) is 0.214. The van der Waals surface area contributed by atoms with Crippen LogP contribution in [-0.2, 0) is 6.42 Å². The van der Waals surface area contributed by atoms with Crippen LogP contribution in [-0.4, -0.2) is 22.4 Å². The maximum absolute atomic E-state index is 11.9. The van der Waals surface area contributed by atoms with Crippen LogP contribution in [0, 0.1) is 6.92 Å². The minimum absolute atomic E-state index is 0.119. The summed E-state index contributed by atoms with van der Waals surface area (Å²) in [7, 11) is 0. The van der Waals surface area contributed by atoms with E-state index in [1.807, 2.05) is 30.3 Å². The second-order valence-corrected chi connectivity index (χ2v) is 4.24. The van der Waals surface area contributed by atoms with Crippen LogP contribution in [0.2, 0.25) is 0 Å². The molecule has 0 aliphatic rings. The van der Waals surface area contributed by atoms with Gasteiger partial charge < -0.3 is 11.1 Å². The Labute approximate surface area is 111 Å². The molecule has 2 aromatic rings. The second-order valence-electron chi connectivity index (χ2n) is 4.24. The number of nitrogen functional groups attached to an aromatic ring is 1. The van der Waals surface area contributed by atoms with Crippen molar-refractivity contribution in [2.45, 2.75) is 13.3 Å². The molecule has 1 heterocycles. The Balaban J connectivity index is 1.91. The highest BCUT2D eigenvalue weighted by atomic mass is 16.1. The average Bonchev–Trinajstić information content (AvgIpc) is 2.38. The van der Waals surface area contributed by atoms with Gasteiger partial charge in [0.25, 0.3) is 5.91 Å². The molecule has 98 valence electrons. The number of carbonyl (C=O) groups excluding carboxylic acids is 1. The number of nitrogens with one attached hydrogen (secondary N) is 1. The standard InChI is InChI=1S/C14H16N4O/c1-10-9-12(18-14(15)17-10)13(19)16-8-7-11-5-3-2-4-6-11/h2-6,9H,7-8H2,1H3,(H,16,19)(H2,15,17,18). The molecule has 0 spiro atoms. The molecule has 0 bridgehead atoms. The lowest BCUT2D eigenvalue weighted by Crippen LogP contribution is -2.27. The van der Waals surface area contributed by atoms with Gasteiger partial charge in [-0.2, -0.15) is 0 Å². The van der Waals surface area contributed by atoms with E-state index in [1.165, 1.54) is 5.56 Å². The van der Waals surface area contributed by atoms with E-state index in [2.05, 4.69) is 15.3 Å². The largest absolute Gasteiger partial charge is 0.368 e. The van der Waals surface area contributed by atoms with E-state index in [9.17, 15) is 4.79 Å². The van der Waals surface area contributed by atoms with Crippen molar-refractivity contribution < 1.29 is 4.79 Å². The van der Waals surface area contributed by atoms with Gasteiger partial charge in [0.15, 0.2) is 0 Å². The van der Waals surface area contributed by atoms with Gasteiger partial charge in [0.1, 0.15) is 5.69 Å². The average molecular weight is 256 g/mol. The summed E-state index contributed by atoms with van der Waals surface area (Å²) in [5.74, 6) is -0.110. The van der Waals surface area contributed by atoms with Crippen molar-refractivity contribution in [2.75, 3.05) is 12.3 Å². The Morgan fingerprint density at radius 3 is 2.68 bits per heavy atom. The first-order chi connectivity index (χ1) is 9.15. The SMILES string of the molecule is Cc1cc(C(=O)NCCc2ccccc2)nc(N)n1. The fourth-order valence-electron chi connectivity index (χ4n) is 1.76. The molecule has 3 N–H and O–H groups in total. The smallest absolute Gasteiger partial charge is 0.270 e. The van der Waals surface area contributed by atoms with Crippen molar-refractivity contribution in [1.82, 2.24) is 15.3 Å². The zero-order chi connectivity index (χ0) is 13.7. The molecule has 1 aromatic carbocycles. The normalized spacial score (nSPS) is 10.2. The van der Waals surface area contributed by atoms with Crippen LogP contribution in [0.4, 0.5) is 5.95 Å². The lowest BCUT2D eigenvalue weighted by Gasteiger charge is -2.06.